The zero-order chi connectivity index (χ0) is 20.4. The smallest absolute Gasteiger partial charge is 0.251 e. The Morgan fingerprint density at radius 2 is 1.76 bits per heavy atom. The standard InChI is InChI=1S/C19H23ClN6O2.HI/c1-22-19(23-9-8-14-4-7-16(20)24-10-14)26-11-13-2-5-15(6-3-13)18(28)25-12-17(21)27;/h2-7,10H,8-9,11-12H2,1H3,(H2,21,27)(H,25,28)(H2,22,23,26);1H. The van der Waals surface area contributed by atoms with Crippen LogP contribution in [0.15, 0.2) is 47.6 Å². The average Bonchev–Trinajstić information content (AvgIpc) is 2.70. The number of guanidine groups is 1. The summed E-state index contributed by atoms with van der Waals surface area (Å²) in [6.45, 7) is 1.06. The molecule has 2 rings (SSSR count). The Morgan fingerprint density at radius 1 is 1.07 bits per heavy atom. The van der Waals surface area contributed by atoms with Crippen LogP contribution in [0.2, 0.25) is 5.15 Å². The number of carbonyl (C=O) groups excluding carboxylic acids is 2. The number of halogens is 2. The van der Waals surface area contributed by atoms with Crippen LogP contribution in [0, 0.1) is 0 Å². The van der Waals surface area contributed by atoms with Crippen LogP contribution in [-0.2, 0) is 17.8 Å². The fourth-order valence-corrected chi connectivity index (χ4v) is 2.44. The number of primary amides is 1. The number of nitrogens with one attached hydrogen (secondary N) is 3. The van der Waals surface area contributed by atoms with Gasteiger partial charge >= 0.3 is 0 Å². The minimum absolute atomic E-state index is 0. The number of pyridine rings is 1. The molecule has 0 aliphatic heterocycles. The van der Waals surface area contributed by atoms with Gasteiger partial charge in [0.05, 0.1) is 6.54 Å². The summed E-state index contributed by atoms with van der Waals surface area (Å²) < 4.78 is 0. The number of rotatable bonds is 8. The van der Waals surface area contributed by atoms with Crippen molar-refractivity contribution in [1.82, 2.24) is 20.9 Å². The van der Waals surface area contributed by atoms with Crippen molar-refractivity contribution in [2.75, 3.05) is 20.1 Å². The summed E-state index contributed by atoms with van der Waals surface area (Å²) in [6.07, 6.45) is 2.54. The van der Waals surface area contributed by atoms with E-state index in [0.717, 1.165) is 17.5 Å². The number of nitrogens with zero attached hydrogens (tertiary/aromatic N) is 2. The van der Waals surface area contributed by atoms with E-state index in [1.807, 2.05) is 18.2 Å². The lowest BCUT2D eigenvalue weighted by molar-refractivity contribution is -0.117. The molecule has 0 spiro atoms. The van der Waals surface area contributed by atoms with E-state index < -0.39 is 5.91 Å². The first-order chi connectivity index (χ1) is 13.5. The second-order valence-corrected chi connectivity index (χ2v) is 6.32. The first-order valence-corrected chi connectivity index (χ1v) is 9.06. The molecule has 5 N–H and O–H groups in total. The molecular weight excluding hydrogens is 507 g/mol. The van der Waals surface area contributed by atoms with Crippen LogP contribution >= 0.6 is 35.6 Å². The Kier molecular flexibility index (Phi) is 11.0. The molecule has 0 bridgehead atoms. The predicted molar refractivity (Wildman–Crippen MR) is 125 cm³/mol. The third kappa shape index (κ3) is 9.09. The molecule has 0 atom stereocenters. The Balaban J connectivity index is 0.00000420. The van der Waals surface area contributed by atoms with E-state index in [9.17, 15) is 9.59 Å². The lowest BCUT2D eigenvalue weighted by atomic mass is 10.1. The number of benzene rings is 1. The first kappa shape index (κ1) is 24.6. The molecule has 1 heterocycles. The normalized spacial score (nSPS) is 10.6. The van der Waals surface area contributed by atoms with E-state index in [-0.39, 0.29) is 36.4 Å². The van der Waals surface area contributed by atoms with E-state index in [4.69, 9.17) is 17.3 Å². The number of carbonyl (C=O) groups is 2. The highest BCUT2D eigenvalue weighted by molar-refractivity contribution is 14.0. The van der Waals surface area contributed by atoms with Gasteiger partial charge in [0.15, 0.2) is 5.96 Å². The van der Waals surface area contributed by atoms with Crippen LogP contribution in [0.25, 0.3) is 0 Å². The van der Waals surface area contributed by atoms with Crippen molar-refractivity contribution in [2.45, 2.75) is 13.0 Å². The molecule has 0 radical (unpaired) electrons. The topological polar surface area (TPSA) is 122 Å². The SMILES string of the molecule is CN=C(NCCc1ccc(Cl)nc1)NCc1ccc(C(=O)NCC(N)=O)cc1.I. The fourth-order valence-electron chi connectivity index (χ4n) is 2.33. The summed E-state index contributed by atoms with van der Waals surface area (Å²) in [4.78, 5) is 30.8. The van der Waals surface area contributed by atoms with Crippen LogP contribution < -0.4 is 21.7 Å². The summed E-state index contributed by atoms with van der Waals surface area (Å²) in [5.41, 5.74) is 7.54. The molecule has 0 unspecified atom stereocenters. The van der Waals surface area contributed by atoms with Gasteiger partial charge in [0, 0.05) is 31.9 Å². The summed E-state index contributed by atoms with van der Waals surface area (Å²) in [6, 6.07) is 10.8. The molecule has 156 valence electrons. The molecule has 0 fully saturated rings. The molecule has 0 saturated heterocycles. The van der Waals surface area contributed by atoms with Crippen molar-refractivity contribution < 1.29 is 9.59 Å². The third-order valence-corrected chi connectivity index (χ3v) is 4.04. The Morgan fingerprint density at radius 3 is 2.34 bits per heavy atom. The molecule has 1 aromatic heterocycles. The zero-order valence-corrected chi connectivity index (χ0v) is 19.0. The summed E-state index contributed by atoms with van der Waals surface area (Å²) in [7, 11) is 1.70. The van der Waals surface area contributed by atoms with Crippen molar-refractivity contribution in [2.24, 2.45) is 10.7 Å². The minimum Gasteiger partial charge on any atom is -0.368 e. The van der Waals surface area contributed by atoms with E-state index in [1.54, 1.807) is 31.4 Å². The van der Waals surface area contributed by atoms with E-state index in [1.165, 1.54) is 0 Å². The van der Waals surface area contributed by atoms with Crippen molar-refractivity contribution in [3.8, 4) is 0 Å². The molecule has 10 heteroatoms. The summed E-state index contributed by atoms with van der Waals surface area (Å²) in [5, 5.41) is 9.36. The van der Waals surface area contributed by atoms with Crippen LogP contribution in [0.1, 0.15) is 21.5 Å². The van der Waals surface area contributed by atoms with Crippen molar-refractivity contribution in [1.29, 1.82) is 0 Å². The van der Waals surface area contributed by atoms with Gasteiger partial charge in [-0.1, -0.05) is 29.8 Å². The van der Waals surface area contributed by atoms with Gasteiger partial charge in [-0.3, -0.25) is 14.6 Å². The molecular formula is C19H24ClIN6O2. The van der Waals surface area contributed by atoms with E-state index in [2.05, 4.69) is 25.9 Å². The molecule has 2 amide bonds. The number of aliphatic imine (C=N–C) groups is 1. The first-order valence-electron chi connectivity index (χ1n) is 8.68. The predicted octanol–water partition coefficient (Wildman–Crippen LogP) is 1.48. The lowest BCUT2D eigenvalue weighted by Crippen LogP contribution is -2.37. The van der Waals surface area contributed by atoms with Crippen LogP contribution in [-0.4, -0.2) is 42.9 Å². The summed E-state index contributed by atoms with van der Waals surface area (Å²) in [5.74, 6) is -0.252. The van der Waals surface area contributed by atoms with Crippen molar-refractivity contribution in [3.63, 3.8) is 0 Å². The minimum atomic E-state index is -0.583. The van der Waals surface area contributed by atoms with Gasteiger partial charge in [0.25, 0.3) is 5.91 Å². The highest BCUT2D eigenvalue weighted by Crippen LogP contribution is 2.06. The van der Waals surface area contributed by atoms with Crippen LogP contribution in [0.5, 0.6) is 0 Å². The Hall–Kier alpha value is -2.40. The van der Waals surface area contributed by atoms with Crippen molar-refractivity contribution >= 4 is 53.4 Å². The molecule has 0 saturated carbocycles. The fraction of sp³-hybridized carbons (Fsp3) is 0.263. The molecule has 0 aliphatic rings. The maximum atomic E-state index is 11.9. The molecule has 8 nitrogen and oxygen atoms in total. The quantitative estimate of drug-likeness (QED) is 0.178. The van der Waals surface area contributed by atoms with Gasteiger partial charge in [-0.05, 0) is 35.7 Å². The second-order valence-electron chi connectivity index (χ2n) is 5.94. The number of nitrogens with two attached hydrogens (primary N) is 1. The van der Waals surface area contributed by atoms with Gasteiger partial charge in [0.1, 0.15) is 5.15 Å². The zero-order valence-electron chi connectivity index (χ0n) is 15.9. The number of hydrogen-bond donors (Lipinski definition) is 4. The molecule has 1 aromatic carbocycles. The van der Waals surface area contributed by atoms with Crippen LogP contribution in [0.3, 0.4) is 0 Å². The second kappa shape index (κ2) is 12.9. The number of aromatic nitrogens is 1. The Bertz CT molecular complexity index is 828. The maximum Gasteiger partial charge on any atom is 0.251 e. The van der Waals surface area contributed by atoms with E-state index in [0.29, 0.717) is 29.8 Å². The number of amides is 2. The van der Waals surface area contributed by atoms with Gasteiger partial charge in [-0.25, -0.2) is 4.98 Å². The maximum absolute atomic E-state index is 11.9. The third-order valence-electron chi connectivity index (χ3n) is 3.82. The highest BCUT2D eigenvalue weighted by Gasteiger charge is 2.06. The average molecular weight is 531 g/mol. The van der Waals surface area contributed by atoms with Gasteiger partial charge in [-0.15, -0.1) is 24.0 Å². The van der Waals surface area contributed by atoms with Crippen LogP contribution in [0.4, 0.5) is 0 Å². The largest absolute Gasteiger partial charge is 0.368 e. The van der Waals surface area contributed by atoms with Gasteiger partial charge < -0.3 is 21.7 Å². The number of hydrogen-bond acceptors (Lipinski definition) is 4. The molecule has 2 aromatic rings. The molecule has 29 heavy (non-hydrogen) atoms. The van der Waals surface area contributed by atoms with Gasteiger partial charge in [-0.2, -0.15) is 0 Å². The monoisotopic (exact) mass is 530 g/mol. The lowest BCUT2D eigenvalue weighted by Gasteiger charge is -2.12. The molecule has 0 aliphatic carbocycles. The van der Waals surface area contributed by atoms with Gasteiger partial charge in [0.2, 0.25) is 5.91 Å². The highest BCUT2D eigenvalue weighted by atomic mass is 127. The Labute approximate surface area is 191 Å². The van der Waals surface area contributed by atoms with E-state index >= 15 is 0 Å². The summed E-state index contributed by atoms with van der Waals surface area (Å²) >= 11 is 5.78. The van der Waals surface area contributed by atoms with Crippen molar-refractivity contribution in [3.05, 3.63) is 64.4 Å².